The minimum Gasteiger partial charge on any atom is -0.508 e. The van der Waals surface area contributed by atoms with E-state index < -0.39 is 0 Å². The van der Waals surface area contributed by atoms with Crippen LogP contribution in [0.4, 0.5) is 0 Å². The first kappa shape index (κ1) is 16.7. The molecule has 5 heteroatoms. The van der Waals surface area contributed by atoms with E-state index >= 15 is 0 Å². The van der Waals surface area contributed by atoms with E-state index in [2.05, 4.69) is 6.07 Å². The van der Waals surface area contributed by atoms with Crippen LogP contribution in [0.25, 0.3) is 0 Å². The Morgan fingerprint density at radius 2 is 1.75 bits per heavy atom. The van der Waals surface area contributed by atoms with Crippen molar-refractivity contribution in [2.45, 2.75) is 18.7 Å². The SMILES string of the molecule is COc1ccc(C2=NN3[C@@H](C2)c2ccccc2O[C@H]3c2ccc(O)cc2)cc1. The van der Waals surface area contributed by atoms with E-state index in [0.29, 0.717) is 0 Å². The van der Waals surface area contributed by atoms with Crippen LogP contribution in [0.3, 0.4) is 0 Å². The van der Waals surface area contributed by atoms with Gasteiger partial charge in [0.25, 0.3) is 0 Å². The summed E-state index contributed by atoms with van der Waals surface area (Å²) in [7, 11) is 1.67. The number of para-hydroxylation sites is 1. The third kappa shape index (κ3) is 2.76. The predicted octanol–water partition coefficient (Wildman–Crippen LogP) is 4.64. The van der Waals surface area contributed by atoms with Gasteiger partial charge in [0.15, 0.2) is 0 Å². The Morgan fingerprint density at radius 3 is 2.50 bits per heavy atom. The van der Waals surface area contributed by atoms with Crippen LogP contribution in [-0.2, 0) is 0 Å². The summed E-state index contributed by atoms with van der Waals surface area (Å²) in [6, 6.07) is 23.4. The van der Waals surface area contributed by atoms with E-state index in [-0.39, 0.29) is 18.0 Å². The van der Waals surface area contributed by atoms with Crippen LogP contribution in [0.5, 0.6) is 17.2 Å². The van der Waals surface area contributed by atoms with Gasteiger partial charge in [-0.05, 0) is 60.2 Å². The predicted molar refractivity (Wildman–Crippen MR) is 107 cm³/mol. The fourth-order valence-electron chi connectivity index (χ4n) is 3.85. The highest BCUT2D eigenvalue weighted by Gasteiger charge is 2.40. The molecule has 3 aromatic rings. The van der Waals surface area contributed by atoms with Crippen LogP contribution < -0.4 is 9.47 Å². The number of hydrazone groups is 1. The second-order valence-corrected chi connectivity index (χ2v) is 6.97. The summed E-state index contributed by atoms with van der Waals surface area (Å²) in [6.07, 6.45) is 0.470. The molecule has 0 aliphatic carbocycles. The van der Waals surface area contributed by atoms with E-state index in [1.807, 2.05) is 59.6 Å². The number of methoxy groups -OCH3 is 1. The molecule has 5 rings (SSSR count). The van der Waals surface area contributed by atoms with E-state index in [1.165, 1.54) is 0 Å². The summed E-state index contributed by atoms with van der Waals surface area (Å²) in [5, 5.41) is 16.6. The molecule has 0 fully saturated rings. The van der Waals surface area contributed by atoms with Gasteiger partial charge < -0.3 is 14.6 Å². The minimum atomic E-state index is -0.337. The molecule has 5 nitrogen and oxygen atoms in total. The molecule has 1 N–H and O–H groups in total. The number of hydrogen-bond donors (Lipinski definition) is 1. The maximum Gasteiger partial charge on any atom is 0.213 e. The normalized spacial score (nSPS) is 20.0. The summed E-state index contributed by atoms with van der Waals surface area (Å²) >= 11 is 0. The number of aromatic hydroxyl groups is 1. The molecule has 0 saturated carbocycles. The maximum atomic E-state index is 9.64. The molecule has 0 bridgehead atoms. The van der Waals surface area contributed by atoms with Gasteiger partial charge in [-0.1, -0.05) is 18.2 Å². The number of phenols is 1. The van der Waals surface area contributed by atoms with Crippen molar-refractivity contribution in [1.29, 1.82) is 0 Å². The number of hydrogen-bond acceptors (Lipinski definition) is 5. The van der Waals surface area contributed by atoms with Crippen LogP contribution >= 0.6 is 0 Å². The van der Waals surface area contributed by atoms with Crippen molar-refractivity contribution in [2.75, 3.05) is 7.11 Å². The molecule has 0 unspecified atom stereocenters. The molecule has 0 amide bonds. The van der Waals surface area contributed by atoms with E-state index in [0.717, 1.165) is 40.3 Å². The molecule has 2 aliphatic rings. The molecule has 2 atom stereocenters. The molecule has 2 heterocycles. The van der Waals surface area contributed by atoms with Crippen molar-refractivity contribution < 1.29 is 14.6 Å². The fourth-order valence-corrected chi connectivity index (χ4v) is 3.85. The summed E-state index contributed by atoms with van der Waals surface area (Å²) in [5.41, 5.74) is 4.20. The van der Waals surface area contributed by atoms with Gasteiger partial charge in [0.1, 0.15) is 17.2 Å². The summed E-state index contributed by atoms with van der Waals surface area (Å²) in [6.45, 7) is 0. The van der Waals surface area contributed by atoms with Crippen LogP contribution in [0.2, 0.25) is 0 Å². The largest absolute Gasteiger partial charge is 0.508 e. The van der Waals surface area contributed by atoms with Crippen LogP contribution in [0.15, 0.2) is 77.9 Å². The first-order chi connectivity index (χ1) is 13.7. The number of benzene rings is 3. The monoisotopic (exact) mass is 372 g/mol. The van der Waals surface area contributed by atoms with Crippen LogP contribution in [0.1, 0.15) is 35.4 Å². The first-order valence-corrected chi connectivity index (χ1v) is 9.28. The Balaban J connectivity index is 1.56. The topological polar surface area (TPSA) is 54.3 Å². The minimum absolute atomic E-state index is 0.112. The van der Waals surface area contributed by atoms with Gasteiger partial charge in [-0.2, -0.15) is 5.10 Å². The van der Waals surface area contributed by atoms with E-state index in [9.17, 15) is 5.11 Å². The van der Waals surface area contributed by atoms with Gasteiger partial charge in [-0.25, -0.2) is 5.01 Å². The average molecular weight is 372 g/mol. The number of rotatable bonds is 3. The van der Waals surface area contributed by atoms with Gasteiger partial charge in [0, 0.05) is 17.5 Å². The Labute approximate surface area is 163 Å². The zero-order chi connectivity index (χ0) is 19.1. The molecular formula is C23H20N2O3. The molecule has 0 spiro atoms. The van der Waals surface area contributed by atoms with Crippen LogP contribution in [0, 0.1) is 0 Å². The molecule has 3 aromatic carbocycles. The number of fused-ring (bicyclic) bond motifs is 3. The van der Waals surface area contributed by atoms with Gasteiger partial charge >= 0.3 is 0 Å². The molecule has 0 aromatic heterocycles. The molecule has 2 aliphatic heterocycles. The standard InChI is InChI=1S/C23H20N2O3/c1-27-18-12-8-15(9-13-18)20-14-21-19-4-2-3-5-22(19)28-23(25(21)24-20)16-6-10-17(26)11-7-16/h2-13,21,23,26H,14H2,1H3/t21-,23-/m0/s1. The molecule has 0 radical (unpaired) electrons. The second kappa shape index (κ2) is 6.60. The van der Waals surface area contributed by atoms with Gasteiger partial charge in [-0.15, -0.1) is 0 Å². The number of phenolic OH excluding ortho intramolecular Hbond substituents is 1. The van der Waals surface area contributed by atoms with Crippen molar-refractivity contribution in [1.82, 2.24) is 5.01 Å². The van der Waals surface area contributed by atoms with Crippen molar-refractivity contribution in [3.63, 3.8) is 0 Å². The smallest absolute Gasteiger partial charge is 0.213 e. The zero-order valence-corrected chi connectivity index (χ0v) is 15.4. The number of nitrogens with zero attached hydrogens (tertiary/aromatic N) is 2. The lowest BCUT2D eigenvalue weighted by atomic mass is 9.96. The molecule has 28 heavy (non-hydrogen) atoms. The molecular weight excluding hydrogens is 352 g/mol. The highest BCUT2D eigenvalue weighted by atomic mass is 16.5. The average Bonchev–Trinajstić information content (AvgIpc) is 3.20. The Bertz CT molecular complexity index is 1030. The van der Waals surface area contributed by atoms with Crippen molar-refractivity contribution in [2.24, 2.45) is 5.10 Å². The molecule has 0 saturated heterocycles. The highest BCUT2D eigenvalue weighted by Crippen LogP contribution is 2.47. The first-order valence-electron chi connectivity index (χ1n) is 9.28. The third-order valence-corrected chi connectivity index (χ3v) is 5.30. The van der Waals surface area contributed by atoms with E-state index in [1.54, 1.807) is 19.2 Å². The summed E-state index contributed by atoms with van der Waals surface area (Å²) in [5.74, 6) is 1.95. The van der Waals surface area contributed by atoms with E-state index in [4.69, 9.17) is 14.6 Å². The lowest BCUT2D eigenvalue weighted by molar-refractivity contribution is -0.0190. The quantitative estimate of drug-likeness (QED) is 0.728. The zero-order valence-electron chi connectivity index (χ0n) is 15.4. The second-order valence-electron chi connectivity index (χ2n) is 6.97. The van der Waals surface area contributed by atoms with Crippen LogP contribution in [-0.4, -0.2) is 22.9 Å². The third-order valence-electron chi connectivity index (χ3n) is 5.30. The Morgan fingerprint density at radius 1 is 1.00 bits per heavy atom. The molecule has 140 valence electrons. The van der Waals surface area contributed by atoms with Crippen molar-refractivity contribution in [3.05, 3.63) is 89.5 Å². The summed E-state index contributed by atoms with van der Waals surface area (Å²) < 4.78 is 11.6. The Kier molecular flexibility index (Phi) is 3.93. The lowest BCUT2D eigenvalue weighted by Crippen LogP contribution is -2.33. The van der Waals surface area contributed by atoms with Crippen molar-refractivity contribution in [3.8, 4) is 17.2 Å². The fraction of sp³-hybridized carbons (Fsp3) is 0.174. The number of ether oxygens (including phenoxy) is 2. The Hall–Kier alpha value is -3.47. The van der Waals surface area contributed by atoms with Gasteiger partial charge in [-0.3, -0.25) is 0 Å². The lowest BCUT2D eigenvalue weighted by Gasteiger charge is -2.38. The summed E-state index contributed by atoms with van der Waals surface area (Å²) in [4.78, 5) is 0. The van der Waals surface area contributed by atoms with Crippen molar-refractivity contribution >= 4 is 5.71 Å². The highest BCUT2D eigenvalue weighted by molar-refractivity contribution is 6.02. The van der Waals surface area contributed by atoms with Gasteiger partial charge in [0.05, 0.1) is 18.9 Å². The van der Waals surface area contributed by atoms with Gasteiger partial charge in [0.2, 0.25) is 6.23 Å². The maximum absolute atomic E-state index is 9.64.